The number of aromatic amines is 1. The fraction of sp³-hybridized carbons (Fsp3) is 0.261. The van der Waals surface area contributed by atoms with E-state index in [2.05, 4.69) is 20.2 Å². The summed E-state index contributed by atoms with van der Waals surface area (Å²) in [5.41, 5.74) is 2.23. The highest BCUT2D eigenvalue weighted by atomic mass is 16.5. The molecular weight excluding hydrogens is 396 g/mol. The zero-order valence-electron chi connectivity index (χ0n) is 17.3. The number of carbonyl (C=O) groups excluding carboxylic acids is 1. The Balaban J connectivity index is 1.64. The average Bonchev–Trinajstić information content (AvgIpc) is 2.79. The summed E-state index contributed by atoms with van der Waals surface area (Å²) in [4.78, 5) is 33.6. The van der Waals surface area contributed by atoms with Crippen molar-refractivity contribution < 1.29 is 14.3 Å². The van der Waals surface area contributed by atoms with Gasteiger partial charge in [-0.2, -0.15) is 0 Å². The van der Waals surface area contributed by atoms with Crippen LogP contribution in [0.1, 0.15) is 12.6 Å². The lowest BCUT2D eigenvalue weighted by Crippen LogP contribution is -2.36. The molecule has 0 spiro atoms. The van der Waals surface area contributed by atoms with Crippen molar-refractivity contribution in [1.82, 2.24) is 9.97 Å². The molecule has 160 valence electrons. The zero-order valence-corrected chi connectivity index (χ0v) is 17.3. The standard InChI is InChI=1S/C23H24N4O4/c1-2-31-20(28)8-5-18-15-16-9-10-24-23(29)21(16)22(26-18)25-17-3-6-19(7-4-17)27-11-13-30-14-12-27/h3-10,15H,2,11-14H2,1H3,(H,24,29)(H,25,26). The molecule has 0 amide bonds. The van der Waals surface area contributed by atoms with Crippen LogP contribution in [0.5, 0.6) is 0 Å². The first-order valence-corrected chi connectivity index (χ1v) is 10.2. The molecule has 0 unspecified atom stereocenters. The molecule has 1 aromatic carbocycles. The maximum absolute atomic E-state index is 12.5. The van der Waals surface area contributed by atoms with Gasteiger partial charge in [0.2, 0.25) is 0 Å². The summed E-state index contributed by atoms with van der Waals surface area (Å²) in [5, 5.41) is 4.42. The smallest absolute Gasteiger partial charge is 0.330 e. The largest absolute Gasteiger partial charge is 0.463 e. The lowest BCUT2D eigenvalue weighted by molar-refractivity contribution is -0.137. The van der Waals surface area contributed by atoms with Gasteiger partial charge < -0.3 is 24.7 Å². The van der Waals surface area contributed by atoms with Crippen LogP contribution in [0.15, 0.2) is 53.5 Å². The van der Waals surface area contributed by atoms with Gasteiger partial charge in [0.15, 0.2) is 0 Å². The molecule has 31 heavy (non-hydrogen) atoms. The fourth-order valence-corrected chi connectivity index (χ4v) is 3.47. The van der Waals surface area contributed by atoms with Crippen LogP contribution >= 0.6 is 0 Å². The van der Waals surface area contributed by atoms with Crippen molar-refractivity contribution in [3.05, 3.63) is 64.7 Å². The summed E-state index contributed by atoms with van der Waals surface area (Å²) in [6.07, 6.45) is 4.49. The molecule has 8 nitrogen and oxygen atoms in total. The summed E-state index contributed by atoms with van der Waals surface area (Å²) in [6.45, 7) is 5.23. The molecule has 2 aromatic heterocycles. The Hall–Kier alpha value is -3.65. The number of carbonyl (C=O) groups is 1. The number of anilines is 3. The van der Waals surface area contributed by atoms with Gasteiger partial charge in [-0.25, -0.2) is 9.78 Å². The zero-order chi connectivity index (χ0) is 21.6. The van der Waals surface area contributed by atoms with Gasteiger partial charge in [0.25, 0.3) is 5.56 Å². The van der Waals surface area contributed by atoms with E-state index in [0.717, 1.165) is 43.1 Å². The molecule has 0 saturated carbocycles. The van der Waals surface area contributed by atoms with E-state index >= 15 is 0 Å². The van der Waals surface area contributed by atoms with Crippen molar-refractivity contribution >= 4 is 40.0 Å². The number of benzene rings is 1. The quantitative estimate of drug-likeness (QED) is 0.467. The van der Waals surface area contributed by atoms with E-state index < -0.39 is 5.97 Å². The van der Waals surface area contributed by atoms with Gasteiger partial charge in [0.1, 0.15) is 5.82 Å². The predicted molar refractivity (Wildman–Crippen MR) is 121 cm³/mol. The van der Waals surface area contributed by atoms with Crippen molar-refractivity contribution in [2.75, 3.05) is 43.1 Å². The molecule has 1 aliphatic heterocycles. The Morgan fingerprint density at radius 2 is 2.03 bits per heavy atom. The van der Waals surface area contributed by atoms with Crippen molar-refractivity contribution in [3.63, 3.8) is 0 Å². The van der Waals surface area contributed by atoms with Crippen LogP contribution < -0.4 is 15.8 Å². The fourth-order valence-electron chi connectivity index (χ4n) is 3.47. The number of pyridine rings is 2. The molecule has 1 fully saturated rings. The van der Waals surface area contributed by atoms with Crippen molar-refractivity contribution in [3.8, 4) is 0 Å². The third kappa shape index (κ3) is 4.92. The molecular formula is C23H24N4O4. The van der Waals surface area contributed by atoms with Crippen LogP contribution in [0.3, 0.4) is 0 Å². The van der Waals surface area contributed by atoms with E-state index in [1.807, 2.05) is 24.3 Å². The van der Waals surface area contributed by atoms with Gasteiger partial charge >= 0.3 is 5.97 Å². The molecule has 3 heterocycles. The second-order valence-corrected chi connectivity index (χ2v) is 7.02. The maximum atomic E-state index is 12.5. The number of esters is 1. The number of aromatic nitrogens is 2. The Morgan fingerprint density at radius 3 is 2.77 bits per heavy atom. The van der Waals surface area contributed by atoms with E-state index in [1.165, 1.54) is 6.08 Å². The molecule has 0 radical (unpaired) electrons. The van der Waals surface area contributed by atoms with E-state index in [-0.39, 0.29) is 5.56 Å². The maximum Gasteiger partial charge on any atom is 0.330 e. The van der Waals surface area contributed by atoms with E-state index in [9.17, 15) is 9.59 Å². The number of rotatable bonds is 6. The second kappa shape index (κ2) is 9.44. The minimum atomic E-state index is -0.441. The number of nitrogens with zero attached hydrogens (tertiary/aromatic N) is 2. The third-order valence-electron chi connectivity index (χ3n) is 4.96. The van der Waals surface area contributed by atoms with Gasteiger partial charge in [-0.3, -0.25) is 4.79 Å². The minimum absolute atomic E-state index is 0.238. The van der Waals surface area contributed by atoms with Crippen LogP contribution in [0, 0.1) is 0 Å². The van der Waals surface area contributed by atoms with Gasteiger partial charge in [-0.15, -0.1) is 0 Å². The lowest BCUT2D eigenvalue weighted by Gasteiger charge is -2.28. The number of H-pyrrole nitrogens is 1. The molecule has 0 atom stereocenters. The predicted octanol–water partition coefficient (Wildman–Crippen LogP) is 3.08. The Kier molecular flexibility index (Phi) is 6.28. The Bertz CT molecular complexity index is 1150. The van der Waals surface area contributed by atoms with Crippen LogP contribution in [0.2, 0.25) is 0 Å². The van der Waals surface area contributed by atoms with E-state index in [1.54, 1.807) is 31.3 Å². The Morgan fingerprint density at radius 1 is 1.26 bits per heavy atom. The first-order chi connectivity index (χ1) is 15.1. The summed E-state index contributed by atoms with van der Waals surface area (Å²) >= 11 is 0. The molecule has 2 N–H and O–H groups in total. The molecule has 0 aliphatic carbocycles. The number of ether oxygens (including phenoxy) is 2. The number of morpholine rings is 1. The number of hydrogen-bond acceptors (Lipinski definition) is 7. The van der Waals surface area contributed by atoms with Crippen LogP contribution in [0.25, 0.3) is 16.8 Å². The third-order valence-corrected chi connectivity index (χ3v) is 4.96. The summed E-state index contributed by atoms with van der Waals surface area (Å²) in [7, 11) is 0. The highest BCUT2D eigenvalue weighted by molar-refractivity contribution is 5.94. The molecule has 1 saturated heterocycles. The highest BCUT2D eigenvalue weighted by Crippen LogP contribution is 2.25. The molecule has 4 rings (SSSR count). The number of hydrogen-bond donors (Lipinski definition) is 2. The normalized spacial score (nSPS) is 14.2. The highest BCUT2D eigenvalue weighted by Gasteiger charge is 2.12. The monoisotopic (exact) mass is 420 g/mol. The van der Waals surface area contributed by atoms with Crippen molar-refractivity contribution in [1.29, 1.82) is 0 Å². The molecule has 3 aromatic rings. The number of nitrogens with one attached hydrogen (secondary N) is 2. The van der Waals surface area contributed by atoms with Gasteiger partial charge in [0.05, 0.1) is 30.9 Å². The van der Waals surface area contributed by atoms with Crippen molar-refractivity contribution in [2.24, 2.45) is 0 Å². The summed E-state index contributed by atoms with van der Waals surface area (Å²) < 4.78 is 10.3. The first kappa shape index (κ1) is 20.6. The SMILES string of the molecule is CCOC(=O)C=Cc1cc2cc[nH]c(=O)c2c(Nc2ccc(N3CCOCC3)cc2)n1. The van der Waals surface area contributed by atoms with E-state index in [4.69, 9.17) is 9.47 Å². The topological polar surface area (TPSA) is 96.5 Å². The van der Waals surface area contributed by atoms with E-state index in [0.29, 0.717) is 23.5 Å². The van der Waals surface area contributed by atoms with Crippen molar-refractivity contribution in [2.45, 2.75) is 6.92 Å². The van der Waals surface area contributed by atoms with Crippen LogP contribution in [-0.4, -0.2) is 48.8 Å². The minimum Gasteiger partial charge on any atom is -0.463 e. The van der Waals surface area contributed by atoms with Gasteiger partial charge in [0, 0.05) is 36.7 Å². The second-order valence-electron chi connectivity index (χ2n) is 7.02. The summed E-state index contributed by atoms with van der Waals surface area (Å²) in [5.74, 6) is -0.0227. The molecule has 0 bridgehead atoms. The summed E-state index contributed by atoms with van der Waals surface area (Å²) in [6, 6.07) is 11.5. The average molecular weight is 420 g/mol. The first-order valence-electron chi connectivity index (χ1n) is 10.2. The van der Waals surface area contributed by atoms with Gasteiger partial charge in [-0.1, -0.05) is 0 Å². The van der Waals surface area contributed by atoms with Crippen LogP contribution in [-0.2, 0) is 14.3 Å². The lowest BCUT2D eigenvalue weighted by atomic mass is 10.1. The van der Waals surface area contributed by atoms with Gasteiger partial charge in [-0.05, 0) is 54.8 Å². The number of fused-ring (bicyclic) bond motifs is 1. The molecule has 1 aliphatic rings. The van der Waals surface area contributed by atoms with Crippen LogP contribution in [0.4, 0.5) is 17.2 Å². The Labute approximate surface area is 179 Å². The molecule has 8 heteroatoms.